The van der Waals surface area contributed by atoms with Gasteiger partial charge in [0.1, 0.15) is 11.4 Å². The third-order valence-electron chi connectivity index (χ3n) is 6.12. The molecule has 34 heavy (non-hydrogen) atoms. The van der Waals surface area contributed by atoms with Crippen LogP contribution in [0.15, 0.2) is 66.7 Å². The van der Waals surface area contributed by atoms with Gasteiger partial charge in [-0.2, -0.15) is 0 Å². The number of rotatable bonds is 7. The maximum atomic E-state index is 12.9. The Morgan fingerprint density at radius 2 is 1.62 bits per heavy atom. The van der Waals surface area contributed by atoms with Crippen LogP contribution < -0.4 is 9.47 Å². The fourth-order valence-electron chi connectivity index (χ4n) is 4.23. The van der Waals surface area contributed by atoms with Gasteiger partial charge in [0.25, 0.3) is 0 Å². The first-order valence-corrected chi connectivity index (χ1v) is 11.6. The van der Waals surface area contributed by atoms with Crippen LogP contribution in [0.3, 0.4) is 0 Å². The number of nitrogens with zero attached hydrogens (tertiary/aromatic N) is 2. The lowest BCUT2D eigenvalue weighted by molar-refractivity contribution is 0.0918. The van der Waals surface area contributed by atoms with Gasteiger partial charge >= 0.3 is 0 Å². The summed E-state index contributed by atoms with van der Waals surface area (Å²) in [7, 11) is 1.64. The van der Waals surface area contributed by atoms with E-state index < -0.39 is 0 Å². The predicted octanol–water partition coefficient (Wildman–Crippen LogP) is 5.95. The van der Waals surface area contributed by atoms with E-state index in [1.54, 1.807) is 7.11 Å². The third-order valence-corrected chi connectivity index (χ3v) is 6.12. The number of para-hydroxylation sites is 2. The van der Waals surface area contributed by atoms with E-state index in [0.29, 0.717) is 17.1 Å². The second-order valence-electron chi connectivity index (χ2n) is 8.41. The number of carbonyl (C=O) groups is 1. The van der Waals surface area contributed by atoms with Gasteiger partial charge in [0, 0.05) is 5.56 Å². The van der Waals surface area contributed by atoms with E-state index in [0.717, 1.165) is 35.2 Å². The topological polar surface area (TPSA) is 61.3 Å². The fraction of sp³-hybridized carbons (Fsp3) is 0.207. The number of ketones is 1. The van der Waals surface area contributed by atoms with E-state index in [1.807, 2.05) is 72.8 Å². The Bertz CT molecular complexity index is 1360. The average Bonchev–Trinajstić information content (AvgIpc) is 2.90. The highest BCUT2D eigenvalue weighted by atomic mass is 16.5. The minimum atomic E-state index is -0.0881. The fourth-order valence-corrected chi connectivity index (χ4v) is 4.23. The molecule has 5 rings (SSSR count). The Morgan fingerprint density at radius 1 is 0.882 bits per heavy atom. The van der Waals surface area contributed by atoms with Gasteiger partial charge in [-0.1, -0.05) is 42.5 Å². The molecular formula is C29H26N2O3. The average molecular weight is 451 g/mol. The molecule has 0 fully saturated rings. The number of aryl methyl sites for hydroxylation is 2. The number of carbonyl (C=O) groups excluding carboxylic acids is 1. The summed E-state index contributed by atoms with van der Waals surface area (Å²) in [6.07, 6.45) is 8.33. The van der Waals surface area contributed by atoms with Crippen molar-refractivity contribution in [3.63, 3.8) is 0 Å². The molecule has 0 unspecified atom stereocenters. The zero-order valence-corrected chi connectivity index (χ0v) is 19.2. The molecule has 1 aliphatic rings. The summed E-state index contributed by atoms with van der Waals surface area (Å²) < 4.78 is 11.2. The summed E-state index contributed by atoms with van der Waals surface area (Å²) >= 11 is 0. The molecule has 1 aromatic heterocycles. The highest BCUT2D eigenvalue weighted by Gasteiger charge is 2.15. The lowest BCUT2D eigenvalue weighted by atomic mass is 9.90. The molecule has 1 heterocycles. The SMILES string of the molecule is COc1ccc(/C=C\c2nc3ccccc3nc2OCC(=O)c2ccc3c(c2)CCCC3)cc1. The van der Waals surface area contributed by atoms with Crippen LogP contribution in [0, 0.1) is 0 Å². The zero-order chi connectivity index (χ0) is 23.3. The normalized spacial score (nSPS) is 13.1. The highest BCUT2D eigenvalue weighted by Crippen LogP contribution is 2.24. The maximum Gasteiger partial charge on any atom is 0.241 e. The van der Waals surface area contributed by atoms with Crippen LogP contribution in [0.5, 0.6) is 11.6 Å². The summed E-state index contributed by atoms with van der Waals surface area (Å²) in [4.78, 5) is 22.3. The molecular weight excluding hydrogens is 424 g/mol. The molecule has 5 heteroatoms. The lowest BCUT2D eigenvalue weighted by Crippen LogP contribution is -2.14. The van der Waals surface area contributed by atoms with Crippen molar-refractivity contribution in [3.8, 4) is 11.6 Å². The van der Waals surface area contributed by atoms with E-state index in [-0.39, 0.29) is 12.4 Å². The molecule has 0 atom stereocenters. The number of fused-ring (bicyclic) bond motifs is 2. The van der Waals surface area contributed by atoms with E-state index in [2.05, 4.69) is 11.1 Å². The first-order chi connectivity index (χ1) is 16.7. The number of Topliss-reactive ketones (excluding diaryl/α,β-unsaturated/α-hetero) is 1. The largest absolute Gasteiger partial charge is 0.497 e. The number of benzene rings is 3. The quantitative estimate of drug-likeness (QED) is 0.326. The molecule has 1 aliphatic carbocycles. The molecule has 0 amide bonds. The summed E-state index contributed by atoms with van der Waals surface area (Å²) in [6.45, 7) is -0.0881. The van der Waals surface area contributed by atoms with Crippen molar-refractivity contribution in [2.75, 3.05) is 13.7 Å². The second kappa shape index (κ2) is 9.87. The van der Waals surface area contributed by atoms with Crippen LogP contribution >= 0.6 is 0 Å². The number of ether oxygens (including phenoxy) is 2. The molecule has 0 radical (unpaired) electrons. The van der Waals surface area contributed by atoms with Crippen molar-refractivity contribution in [1.29, 1.82) is 0 Å². The van der Waals surface area contributed by atoms with Gasteiger partial charge < -0.3 is 9.47 Å². The van der Waals surface area contributed by atoms with Gasteiger partial charge in [0.2, 0.25) is 5.88 Å². The minimum absolute atomic E-state index is 0.0617. The van der Waals surface area contributed by atoms with E-state index in [9.17, 15) is 4.79 Å². The van der Waals surface area contributed by atoms with Gasteiger partial charge in [0.15, 0.2) is 12.4 Å². The summed E-state index contributed by atoms with van der Waals surface area (Å²) in [6, 6.07) is 21.4. The smallest absolute Gasteiger partial charge is 0.241 e. The third kappa shape index (κ3) is 4.84. The second-order valence-corrected chi connectivity index (χ2v) is 8.41. The monoisotopic (exact) mass is 450 g/mol. The minimum Gasteiger partial charge on any atom is -0.497 e. The summed E-state index contributed by atoms with van der Waals surface area (Å²) in [5.41, 5.74) is 6.38. The maximum absolute atomic E-state index is 12.9. The first kappa shape index (κ1) is 21.8. The molecule has 0 N–H and O–H groups in total. The molecule has 0 saturated carbocycles. The Morgan fingerprint density at radius 3 is 2.38 bits per heavy atom. The Balaban J connectivity index is 1.39. The molecule has 0 aliphatic heterocycles. The Kier molecular flexibility index (Phi) is 6.34. The molecule has 3 aromatic carbocycles. The van der Waals surface area contributed by atoms with Gasteiger partial charge in [-0.15, -0.1) is 0 Å². The molecule has 0 saturated heterocycles. The predicted molar refractivity (Wildman–Crippen MR) is 134 cm³/mol. The van der Waals surface area contributed by atoms with E-state index in [1.165, 1.54) is 24.0 Å². The number of hydrogen-bond donors (Lipinski definition) is 0. The van der Waals surface area contributed by atoms with Crippen LogP contribution in [0.2, 0.25) is 0 Å². The molecule has 0 spiro atoms. The number of hydrogen-bond acceptors (Lipinski definition) is 5. The van der Waals surface area contributed by atoms with Crippen molar-refractivity contribution in [1.82, 2.24) is 9.97 Å². The van der Waals surface area contributed by atoms with E-state index >= 15 is 0 Å². The summed E-state index contributed by atoms with van der Waals surface area (Å²) in [5, 5.41) is 0. The molecule has 170 valence electrons. The van der Waals surface area contributed by atoms with Gasteiger partial charge in [0.05, 0.1) is 18.1 Å². The van der Waals surface area contributed by atoms with Crippen molar-refractivity contribution >= 4 is 29.0 Å². The van der Waals surface area contributed by atoms with Crippen molar-refractivity contribution in [3.05, 3.63) is 94.7 Å². The number of aromatic nitrogens is 2. The van der Waals surface area contributed by atoms with Gasteiger partial charge in [-0.3, -0.25) is 4.79 Å². The molecule has 5 nitrogen and oxygen atoms in total. The Labute approximate surface area is 199 Å². The lowest BCUT2D eigenvalue weighted by Gasteiger charge is -2.16. The number of methoxy groups -OCH3 is 1. The van der Waals surface area contributed by atoms with Crippen molar-refractivity contribution < 1.29 is 14.3 Å². The van der Waals surface area contributed by atoms with Crippen LogP contribution in [0.1, 0.15) is 45.6 Å². The van der Waals surface area contributed by atoms with Crippen molar-refractivity contribution in [2.45, 2.75) is 25.7 Å². The van der Waals surface area contributed by atoms with Crippen molar-refractivity contribution in [2.24, 2.45) is 0 Å². The molecule has 0 bridgehead atoms. The van der Waals surface area contributed by atoms with E-state index in [4.69, 9.17) is 14.5 Å². The van der Waals surface area contributed by atoms with Crippen LogP contribution in [-0.2, 0) is 12.8 Å². The first-order valence-electron chi connectivity index (χ1n) is 11.6. The van der Waals surface area contributed by atoms with Crippen LogP contribution in [0.4, 0.5) is 0 Å². The highest BCUT2D eigenvalue weighted by molar-refractivity contribution is 5.97. The zero-order valence-electron chi connectivity index (χ0n) is 19.2. The van der Waals surface area contributed by atoms with Gasteiger partial charge in [-0.25, -0.2) is 9.97 Å². The van der Waals surface area contributed by atoms with Crippen LogP contribution in [-0.4, -0.2) is 29.5 Å². The summed E-state index contributed by atoms with van der Waals surface area (Å²) in [5.74, 6) is 1.08. The molecule has 4 aromatic rings. The Hall–Kier alpha value is -3.99. The van der Waals surface area contributed by atoms with Crippen LogP contribution in [0.25, 0.3) is 23.2 Å². The standard InChI is InChI=1S/C29H26N2O3/c1-33-24-15-10-20(11-16-24)12-17-27-29(31-26-9-5-4-8-25(26)30-27)34-19-28(32)23-14-13-21-6-2-3-7-22(21)18-23/h4-5,8-18H,2-3,6-7,19H2,1H3/b17-12-. The van der Waals surface area contributed by atoms with Gasteiger partial charge in [-0.05, 0) is 78.8 Å².